The lowest BCUT2D eigenvalue weighted by atomic mass is 10.00. The first kappa shape index (κ1) is 19.7. The van der Waals surface area contributed by atoms with Crippen molar-refractivity contribution in [2.75, 3.05) is 6.61 Å². The first-order valence-electron chi connectivity index (χ1n) is 9.50. The van der Waals surface area contributed by atoms with Gasteiger partial charge in [0.1, 0.15) is 5.54 Å². The van der Waals surface area contributed by atoms with Gasteiger partial charge in [-0.1, -0.05) is 17.7 Å². The zero-order valence-corrected chi connectivity index (χ0v) is 16.5. The van der Waals surface area contributed by atoms with E-state index in [0.717, 1.165) is 35.5 Å². The highest BCUT2D eigenvalue weighted by atomic mass is 16.5. The van der Waals surface area contributed by atoms with E-state index in [9.17, 15) is 14.9 Å². The molecule has 3 rings (SSSR count). The van der Waals surface area contributed by atoms with Gasteiger partial charge >= 0.3 is 5.97 Å². The van der Waals surface area contributed by atoms with Gasteiger partial charge in [0, 0.05) is 17.1 Å². The lowest BCUT2D eigenvalue weighted by molar-refractivity contribution is -0.125. The summed E-state index contributed by atoms with van der Waals surface area (Å²) < 4.78 is 7.21. The largest absolute Gasteiger partial charge is 0.452 e. The number of nitrogens with zero attached hydrogens (tertiary/aromatic N) is 2. The van der Waals surface area contributed by atoms with Crippen molar-refractivity contribution in [3.8, 4) is 11.8 Å². The van der Waals surface area contributed by atoms with Crippen LogP contribution in [0.2, 0.25) is 0 Å². The van der Waals surface area contributed by atoms with E-state index in [1.165, 1.54) is 0 Å². The Morgan fingerprint density at radius 3 is 2.43 bits per heavy atom. The normalized spacial score (nSPS) is 15.1. The number of carbonyl (C=O) groups excluding carboxylic acids is 2. The number of carbonyl (C=O) groups is 2. The quantitative estimate of drug-likeness (QED) is 0.806. The molecule has 1 heterocycles. The van der Waals surface area contributed by atoms with E-state index >= 15 is 0 Å². The number of benzene rings is 1. The fraction of sp³-hybridized carbons (Fsp3) is 0.409. The second kappa shape index (κ2) is 7.89. The third-order valence-corrected chi connectivity index (χ3v) is 5.33. The van der Waals surface area contributed by atoms with Crippen molar-refractivity contribution in [2.45, 2.75) is 52.0 Å². The second-order valence-electron chi connectivity index (χ2n) is 7.48. The first-order chi connectivity index (χ1) is 13.3. The predicted octanol–water partition coefficient (Wildman–Crippen LogP) is 3.51. The summed E-state index contributed by atoms with van der Waals surface area (Å²) in [5.74, 6) is -0.983. The molecule has 1 aliphatic carbocycles. The molecule has 0 spiro atoms. The minimum Gasteiger partial charge on any atom is -0.452 e. The van der Waals surface area contributed by atoms with Crippen molar-refractivity contribution in [3.63, 3.8) is 0 Å². The van der Waals surface area contributed by atoms with E-state index < -0.39 is 24.0 Å². The summed E-state index contributed by atoms with van der Waals surface area (Å²) >= 11 is 0. The van der Waals surface area contributed by atoms with Gasteiger partial charge in [-0.2, -0.15) is 5.26 Å². The number of hydrogen-bond donors (Lipinski definition) is 1. The first-order valence-corrected chi connectivity index (χ1v) is 9.50. The van der Waals surface area contributed by atoms with E-state index in [4.69, 9.17) is 4.74 Å². The van der Waals surface area contributed by atoms with Crippen LogP contribution >= 0.6 is 0 Å². The summed E-state index contributed by atoms with van der Waals surface area (Å²) in [5, 5.41) is 12.1. The van der Waals surface area contributed by atoms with Crippen LogP contribution in [0.4, 0.5) is 0 Å². The van der Waals surface area contributed by atoms with Gasteiger partial charge in [0.25, 0.3) is 5.91 Å². The van der Waals surface area contributed by atoms with Crippen molar-refractivity contribution < 1.29 is 14.3 Å². The highest BCUT2D eigenvalue weighted by Gasteiger charge is 2.35. The van der Waals surface area contributed by atoms with Gasteiger partial charge in [0.05, 0.1) is 11.6 Å². The lowest BCUT2D eigenvalue weighted by Gasteiger charge is -2.21. The zero-order valence-electron chi connectivity index (χ0n) is 16.5. The van der Waals surface area contributed by atoms with Crippen molar-refractivity contribution in [1.82, 2.24) is 9.88 Å². The molecule has 1 aromatic heterocycles. The molecule has 0 aliphatic heterocycles. The van der Waals surface area contributed by atoms with Crippen molar-refractivity contribution >= 4 is 11.9 Å². The average Bonchev–Trinajstić information content (AvgIpc) is 3.25. The Morgan fingerprint density at radius 1 is 1.18 bits per heavy atom. The Morgan fingerprint density at radius 2 is 1.82 bits per heavy atom. The summed E-state index contributed by atoms with van der Waals surface area (Å²) in [7, 11) is 0. The molecule has 0 unspecified atom stereocenters. The molecule has 1 N–H and O–H groups in total. The summed E-state index contributed by atoms with van der Waals surface area (Å²) in [6.45, 7) is 5.41. The molecule has 0 atom stereocenters. The zero-order chi connectivity index (χ0) is 20.3. The maximum atomic E-state index is 12.5. The molecule has 0 bridgehead atoms. The summed E-state index contributed by atoms with van der Waals surface area (Å²) in [5.41, 5.74) is 3.42. The van der Waals surface area contributed by atoms with Crippen LogP contribution in [0.25, 0.3) is 5.69 Å². The van der Waals surface area contributed by atoms with Gasteiger partial charge < -0.3 is 14.6 Å². The van der Waals surface area contributed by atoms with E-state index in [1.54, 1.807) is 6.07 Å². The molecule has 1 saturated carbocycles. The van der Waals surface area contributed by atoms with E-state index in [2.05, 4.69) is 11.4 Å². The van der Waals surface area contributed by atoms with Crippen LogP contribution in [0.1, 0.15) is 53.0 Å². The Bertz CT molecular complexity index is 929. The molecule has 0 saturated heterocycles. The topological polar surface area (TPSA) is 84.1 Å². The maximum Gasteiger partial charge on any atom is 0.340 e. The molecular weight excluding hydrogens is 354 g/mol. The molecule has 1 aromatic carbocycles. The van der Waals surface area contributed by atoms with Gasteiger partial charge in [-0.25, -0.2) is 4.79 Å². The van der Waals surface area contributed by atoms with Gasteiger partial charge in [-0.3, -0.25) is 4.79 Å². The fourth-order valence-corrected chi connectivity index (χ4v) is 3.82. The van der Waals surface area contributed by atoms with Gasteiger partial charge in [-0.15, -0.1) is 0 Å². The molecule has 146 valence electrons. The van der Waals surface area contributed by atoms with Crippen LogP contribution < -0.4 is 5.32 Å². The number of esters is 1. The number of nitriles is 1. The van der Waals surface area contributed by atoms with Crippen molar-refractivity contribution in [3.05, 3.63) is 52.8 Å². The number of aryl methyl sites for hydroxylation is 2. The smallest absolute Gasteiger partial charge is 0.340 e. The second-order valence-corrected chi connectivity index (χ2v) is 7.48. The van der Waals surface area contributed by atoms with Gasteiger partial charge in [0.2, 0.25) is 0 Å². The fourth-order valence-electron chi connectivity index (χ4n) is 3.82. The monoisotopic (exact) mass is 379 g/mol. The van der Waals surface area contributed by atoms with Crippen LogP contribution in [0.3, 0.4) is 0 Å². The van der Waals surface area contributed by atoms with Crippen LogP contribution in [0.5, 0.6) is 0 Å². The molecule has 1 aliphatic rings. The van der Waals surface area contributed by atoms with E-state index in [-0.39, 0.29) is 0 Å². The molecule has 1 fully saturated rings. The summed E-state index contributed by atoms with van der Waals surface area (Å²) in [6.07, 6.45) is 3.11. The molecule has 2 aromatic rings. The third kappa shape index (κ3) is 3.94. The Hall–Kier alpha value is -3.07. The molecule has 6 nitrogen and oxygen atoms in total. The average molecular weight is 379 g/mol. The highest BCUT2D eigenvalue weighted by molar-refractivity contribution is 5.93. The number of hydrogen-bond acceptors (Lipinski definition) is 4. The Balaban J connectivity index is 1.68. The van der Waals surface area contributed by atoms with Crippen LogP contribution in [-0.4, -0.2) is 28.6 Å². The number of rotatable bonds is 5. The van der Waals surface area contributed by atoms with Gasteiger partial charge in [-0.05, 0) is 64.7 Å². The summed E-state index contributed by atoms with van der Waals surface area (Å²) in [6, 6.07) is 12.0. The van der Waals surface area contributed by atoms with Crippen LogP contribution in [-0.2, 0) is 9.53 Å². The van der Waals surface area contributed by atoms with Gasteiger partial charge in [0.15, 0.2) is 6.61 Å². The van der Waals surface area contributed by atoms with Crippen LogP contribution in [0.15, 0.2) is 30.3 Å². The SMILES string of the molecule is Cc1ccc(-n2c(C)cc(C(=O)OCC(=O)NC3(C#N)CCCC3)c2C)cc1. The minimum atomic E-state index is -0.815. The van der Waals surface area contributed by atoms with Crippen molar-refractivity contribution in [2.24, 2.45) is 0 Å². The van der Waals surface area contributed by atoms with E-state index in [1.807, 2.05) is 49.6 Å². The van der Waals surface area contributed by atoms with E-state index in [0.29, 0.717) is 18.4 Å². The standard InChI is InChI=1S/C22H25N3O3/c1-15-6-8-18(9-7-15)25-16(2)12-19(17(25)3)21(27)28-13-20(26)24-22(14-23)10-4-5-11-22/h6-9,12H,4-5,10-11,13H2,1-3H3,(H,24,26). The molecular formula is C22H25N3O3. The molecule has 6 heteroatoms. The number of aromatic nitrogens is 1. The number of amides is 1. The summed E-state index contributed by atoms with van der Waals surface area (Å²) in [4.78, 5) is 24.7. The van der Waals surface area contributed by atoms with Crippen molar-refractivity contribution in [1.29, 1.82) is 5.26 Å². The number of nitrogens with one attached hydrogen (secondary N) is 1. The number of ether oxygens (including phenoxy) is 1. The lowest BCUT2D eigenvalue weighted by Crippen LogP contribution is -2.46. The molecule has 0 radical (unpaired) electrons. The van der Waals surface area contributed by atoms with Crippen LogP contribution in [0, 0.1) is 32.1 Å². The minimum absolute atomic E-state index is 0.392. The Kier molecular flexibility index (Phi) is 5.55. The molecule has 28 heavy (non-hydrogen) atoms. The highest BCUT2D eigenvalue weighted by Crippen LogP contribution is 2.28. The Labute approximate surface area is 165 Å². The third-order valence-electron chi connectivity index (χ3n) is 5.33. The predicted molar refractivity (Wildman–Crippen MR) is 105 cm³/mol. The molecule has 1 amide bonds. The maximum absolute atomic E-state index is 12.5.